The Bertz CT molecular complexity index is 856. The molecule has 0 radical (unpaired) electrons. The molecule has 1 aromatic heterocycles. The highest BCUT2D eigenvalue weighted by Crippen LogP contribution is 2.23. The molecule has 1 aromatic carbocycles. The Kier molecular flexibility index (Phi) is 4.92. The minimum atomic E-state index is -0.274. The fourth-order valence-electron chi connectivity index (χ4n) is 3.43. The fraction of sp³-hybridized carbons (Fsp3) is 0.450. The number of benzene rings is 1. The molecular formula is C20H23FN4O2. The second-order valence-electron chi connectivity index (χ2n) is 7.22. The summed E-state index contributed by atoms with van der Waals surface area (Å²) in [4.78, 5) is 29.5. The molecule has 27 heavy (non-hydrogen) atoms. The lowest BCUT2D eigenvalue weighted by Gasteiger charge is -2.17. The van der Waals surface area contributed by atoms with Crippen molar-refractivity contribution in [3.63, 3.8) is 0 Å². The van der Waals surface area contributed by atoms with E-state index in [0.29, 0.717) is 31.0 Å². The van der Waals surface area contributed by atoms with Crippen LogP contribution in [0.25, 0.3) is 0 Å². The lowest BCUT2D eigenvalue weighted by atomic mass is 10.1. The van der Waals surface area contributed by atoms with E-state index in [4.69, 9.17) is 0 Å². The third-order valence-electron chi connectivity index (χ3n) is 5.06. The summed E-state index contributed by atoms with van der Waals surface area (Å²) in [6.07, 6.45) is 5.37. The molecule has 2 amide bonds. The third-order valence-corrected chi connectivity index (χ3v) is 5.06. The van der Waals surface area contributed by atoms with E-state index in [1.165, 1.54) is 12.1 Å². The van der Waals surface area contributed by atoms with Gasteiger partial charge in [0.1, 0.15) is 11.5 Å². The highest BCUT2D eigenvalue weighted by Gasteiger charge is 2.30. The zero-order chi connectivity index (χ0) is 18.8. The molecule has 6 nitrogen and oxygen atoms in total. The van der Waals surface area contributed by atoms with Crippen LogP contribution in [0.5, 0.6) is 0 Å². The maximum atomic E-state index is 13.0. The van der Waals surface area contributed by atoms with Gasteiger partial charge in [0.05, 0.1) is 5.69 Å². The average molecular weight is 370 g/mol. The van der Waals surface area contributed by atoms with E-state index in [0.717, 1.165) is 43.4 Å². The average Bonchev–Trinajstić information content (AvgIpc) is 3.40. The summed E-state index contributed by atoms with van der Waals surface area (Å²) < 4.78 is 14.8. The first kappa shape index (κ1) is 17.7. The number of nitrogens with zero attached hydrogens (tertiary/aromatic N) is 2. The van der Waals surface area contributed by atoms with Gasteiger partial charge in [-0.05, 0) is 56.2 Å². The Balaban J connectivity index is 1.45. The van der Waals surface area contributed by atoms with Crippen LogP contribution < -0.4 is 10.6 Å². The largest absolute Gasteiger partial charge is 0.349 e. The minimum Gasteiger partial charge on any atom is -0.349 e. The van der Waals surface area contributed by atoms with Crippen LogP contribution in [-0.4, -0.2) is 34.0 Å². The van der Waals surface area contributed by atoms with Crippen molar-refractivity contribution in [2.75, 3.05) is 6.54 Å². The van der Waals surface area contributed by atoms with Gasteiger partial charge in [-0.1, -0.05) is 12.1 Å². The number of halogens is 1. The summed E-state index contributed by atoms with van der Waals surface area (Å²) in [6, 6.07) is 6.49. The highest BCUT2D eigenvalue weighted by molar-refractivity contribution is 5.97. The predicted octanol–water partition coefficient (Wildman–Crippen LogP) is 2.22. The van der Waals surface area contributed by atoms with E-state index in [-0.39, 0.29) is 23.7 Å². The number of aromatic nitrogens is 2. The van der Waals surface area contributed by atoms with Gasteiger partial charge < -0.3 is 15.2 Å². The van der Waals surface area contributed by atoms with Crippen LogP contribution in [0.15, 0.2) is 24.3 Å². The van der Waals surface area contributed by atoms with Crippen LogP contribution in [0.4, 0.5) is 4.39 Å². The summed E-state index contributed by atoms with van der Waals surface area (Å²) >= 11 is 0. The van der Waals surface area contributed by atoms with Gasteiger partial charge in [0.25, 0.3) is 11.8 Å². The molecular weight excluding hydrogens is 347 g/mol. The fourth-order valence-corrected chi connectivity index (χ4v) is 3.43. The van der Waals surface area contributed by atoms with Crippen molar-refractivity contribution in [1.82, 2.24) is 20.2 Å². The van der Waals surface area contributed by atoms with Crippen LogP contribution >= 0.6 is 0 Å². The number of carbonyl (C=O) groups is 2. The molecule has 2 aromatic rings. The maximum absolute atomic E-state index is 13.0. The maximum Gasteiger partial charge on any atom is 0.287 e. The summed E-state index contributed by atoms with van der Waals surface area (Å²) in [5, 5.41) is 5.83. The highest BCUT2D eigenvalue weighted by atomic mass is 19.1. The van der Waals surface area contributed by atoms with Crippen LogP contribution in [0.2, 0.25) is 0 Å². The SMILES string of the molecule is O=C(NC1CC1)c1nc(C(=O)NCCc2ccc(F)cc2)n2c1CCCC2. The zero-order valence-electron chi connectivity index (χ0n) is 15.1. The monoisotopic (exact) mass is 370 g/mol. The van der Waals surface area contributed by atoms with Gasteiger partial charge in [-0.15, -0.1) is 0 Å². The molecule has 4 rings (SSSR count). The quantitative estimate of drug-likeness (QED) is 0.819. The van der Waals surface area contributed by atoms with Gasteiger partial charge in [0, 0.05) is 19.1 Å². The van der Waals surface area contributed by atoms with Gasteiger partial charge in [0.15, 0.2) is 5.82 Å². The molecule has 0 spiro atoms. The van der Waals surface area contributed by atoms with E-state index in [1.54, 1.807) is 12.1 Å². The first-order valence-corrected chi connectivity index (χ1v) is 9.55. The Morgan fingerprint density at radius 2 is 1.93 bits per heavy atom. The molecule has 0 unspecified atom stereocenters. The molecule has 1 saturated carbocycles. The van der Waals surface area contributed by atoms with Crippen molar-refractivity contribution in [2.45, 2.75) is 51.1 Å². The smallest absolute Gasteiger partial charge is 0.287 e. The van der Waals surface area contributed by atoms with Crippen molar-refractivity contribution in [2.24, 2.45) is 0 Å². The number of rotatable bonds is 6. The number of carbonyl (C=O) groups excluding carboxylic acids is 2. The lowest BCUT2D eigenvalue weighted by Crippen LogP contribution is -2.29. The Morgan fingerprint density at radius 1 is 1.15 bits per heavy atom. The number of fused-ring (bicyclic) bond motifs is 1. The molecule has 0 bridgehead atoms. The molecule has 2 aliphatic rings. The van der Waals surface area contributed by atoms with Crippen molar-refractivity contribution in [3.8, 4) is 0 Å². The number of hydrogen-bond donors (Lipinski definition) is 2. The van der Waals surface area contributed by atoms with Gasteiger partial charge in [-0.3, -0.25) is 9.59 Å². The number of hydrogen-bond acceptors (Lipinski definition) is 3. The number of imidazole rings is 1. The van der Waals surface area contributed by atoms with Crippen molar-refractivity contribution in [1.29, 1.82) is 0 Å². The Hall–Kier alpha value is -2.70. The summed E-state index contributed by atoms with van der Waals surface area (Å²) in [6.45, 7) is 1.13. The van der Waals surface area contributed by atoms with Gasteiger partial charge >= 0.3 is 0 Å². The van der Waals surface area contributed by atoms with E-state index < -0.39 is 0 Å². The topological polar surface area (TPSA) is 76.0 Å². The number of nitrogens with one attached hydrogen (secondary N) is 2. The molecule has 1 aliphatic heterocycles. The molecule has 1 fully saturated rings. The standard InChI is InChI=1S/C20H23FN4O2/c21-14-6-4-13(5-7-14)10-11-22-20(27)18-24-17(19(26)23-15-8-9-15)16-3-1-2-12-25(16)18/h4-7,15H,1-3,8-12H2,(H,22,27)(H,23,26). The first-order valence-electron chi connectivity index (χ1n) is 9.55. The second-order valence-corrected chi connectivity index (χ2v) is 7.22. The van der Waals surface area contributed by atoms with E-state index in [9.17, 15) is 14.0 Å². The van der Waals surface area contributed by atoms with Gasteiger partial charge in [0.2, 0.25) is 0 Å². The van der Waals surface area contributed by atoms with Crippen molar-refractivity contribution in [3.05, 3.63) is 52.9 Å². The summed E-state index contributed by atoms with van der Waals surface area (Å²) in [7, 11) is 0. The van der Waals surface area contributed by atoms with Crippen LogP contribution in [0, 0.1) is 5.82 Å². The molecule has 2 heterocycles. The van der Waals surface area contributed by atoms with Crippen LogP contribution in [0.3, 0.4) is 0 Å². The Morgan fingerprint density at radius 3 is 2.67 bits per heavy atom. The van der Waals surface area contributed by atoms with Crippen molar-refractivity contribution < 1.29 is 14.0 Å². The molecule has 2 N–H and O–H groups in total. The molecule has 1 aliphatic carbocycles. The molecule has 0 saturated heterocycles. The van der Waals surface area contributed by atoms with E-state index in [1.807, 2.05) is 4.57 Å². The van der Waals surface area contributed by atoms with E-state index in [2.05, 4.69) is 15.6 Å². The van der Waals surface area contributed by atoms with E-state index >= 15 is 0 Å². The predicted molar refractivity (Wildman–Crippen MR) is 98.1 cm³/mol. The third kappa shape index (κ3) is 4.02. The summed E-state index contributed by atoms with van der Waals surface area (Å²) in [5.74, 6) is -0.409. The molecule has 142 valence electrons. The second kappa shape index (κ2) is 7.50. The van der Waals surface area contributed by atoms with Gasteiger partial charge in [-0.2, -0.15) is 0 Å². The minimum absolute atomic E-state index is 0.173. The first-order chi connectivity index (χ1) is 13.1. The van der Waals surface area contributed by atoms with Crippen LogP contribution in [-0.2, 0) is 19.4 Å². The lowest BCUT2D eigenvalue weighted by molar-refractivity contribution is 0.0938. The van der Waals surface area contributed by atoms with Crippen LogP contribution in [0.1, 0.15) is 58.0 Å². The molecule has 0 atom stereocenters. The normalized spacial score (nSPS) is 15.9. The van der Waals surface area contributed by atoms with Crippen molar-refractivity contribution >= 4 is 11.8 Å². The van der Waals surface area contributed by atoms with Gasteiger partial charge in [-0.25, -0.2) is 9.37 Å². The Labute approximate surface area is 157 Å². The molecule has 7 heteroatoms. The number of amides is 2. The zero-order valence-corrected chi connectivity index (χ0v) is 15.1. The summed E-state index contributed by atoms with van der Waals surface area (Å²) in [5.41, 5.74) is 2.21.